The lowest BCUT2D eigenvalue weighted by molar-refractivity contribution is 0.271. The highest BCUT2D eigenvalue weighted by Gasteiger charge is 2.10. The van der Waals surface area contributed by atoms with Crippen LogP contribution in [0.3, 0.4) is 0 Å². The van der Waals surface area contributed by atoms with Gasteiger partial charge < -0.3 is 4.42 Å². The van der Waals surface area contributed by atoms with Crippen LogP contribution in [0.4, 0.5) is 0 Å². The molecule has 0 aliphatic carbocycles. The fourth-order valence-corrected chi connectivity index (χ4v) is 3.42. The fourth-order valence-electron chi connectivity index (χ4n) is 3.42. The summed E-state index contributed by atoms with van der Waals surface area (Å²) in [4.78, 5) is 18.6. The van der Waals surface area contributed by atoms with Gasteiger partial charge in [0.15, 0.2) is 5.58 Å². The van der Waals surface area contributed by atoms with E-state index in [2.05, 4.69) is 47.1 Å². The van der Waals surface area contributed by atoms with Crippen molar-refractivity contribution in [2.75, 3.05) is 6.54 Å². The van der Waals surface area contributed by atoms with Crippen LogP contribution in [-0.2, 0) is 20.1 Å². The maximum atomic E-state index is 11.7. The number of benzene rings is 2. The minimum Gasteiger partial charge on any atom is -0.408 e. The van der Waals surface area contributed by atoms with Crippen molar-refractivity contribution in [1.82, 2.24) is 14.5 Å². The van der Waals surface area contributed by atoms with Gasteiger partial charge in [-0.2, -0.15) is 0 Å². The van der Waals surface area contributed by atoms with Crippen molar-refractivity contribution in [3.05, 3.63) is 88.7 Å². The van der Waals surface area contributed by atoms with E-state index >= 15 is 0 Å². The Morgan fingerprint density at radius 1 is 0.964 bits per heavy atom. The molecule has 142 valence electrons. The molecule has 0 aliphatic rings. The lowest BCUT2D eigenvalue weighted by atomic mass is 10.1. The van der Waals surface area contributed by atoms with Gasteiger partial charge in [-0.3, -0.25) is 14.5 Å². The van der Waals surface area contributed by atoms with Crippen LogP contribution in [0.25, 0.3) is 22.2 Å². The zero-order valence-corrected chi connectivity index (χ0v) is 16.1. The number of rotatable bonds is 6. The SMILES string of the molecule is CCN(Cc1ccccc1)Cc1cncc(-c2ccc3oc(=O)n(C)c3c2)c1. The summed E-state index contributed by atoms with van der Waals surface area (Å²) in [6.07, 6.45) is 3.78. The van der Waals surface area contributed by atoms with Crippen molar-refractivity contribution in [1.29, 1.82) is 0 Å². The minimum absolute atomic E-state index is 0.349. The highest BCUT2D eigenvalue weighted by Crippen LogP contribution is 2.24. The van der Waals surface area contributed by atoms with Crippen molar-refractivity contribution >= 4 is 11.1 Å². The Morgan fingerprint density at radius 3 is 2.54 bits per heavy atom. The highest BCUT2D eigenvalue weighted by atomic mass is 16.4. The molecule has 0 fully saturated rings. The average Bonchev–Trinajstić information content (AvgIpc) is 3.02. The molecular weight excluding hydrogens is 350 g/mol. The molecule has 4 aromatic rings. The third-order valence-electron chi connectivity index (χ3n) is 5.02. The highest BCUT2D eigenvalue weighted by molar-refractivity contribution is 5.80. The van der Waals surface area contributed by atoms with Gasteiger partial charge in [-0.05, 0) is 41.4 Å². The molecule has 5 nitrogen and oxygen atoms in total. The second kappa shape index (κ2) is 7.82. The molecule has 0 unspecified atom stereocenters. The first-order chi connectivity index (χ1) is 13.6. The predicted octanol–water partition coefficient (Wildman–Crippen LogP) is 4.22. The van der Waals surface area contributed by atoms with Crippen LogP contribution in [0.2, 0.25) is 0 Å². The van der Waals surface area contributed by atoms with Gasteiger partial charge in [-0.15, -0.1) is 0 Å². The molecule has 0 saturated carbocycles. The van der Waals surface area contributed by atoms with Crippen LogP contribution >= 0.6 is 0 Å². The maximum Gasteiger partial charge on any atom is 0.419 e. The fraction of sp³-hybridized carbons (Fsp3) is 0.217. The summed E-state index contributed by atoms with van der Waals surface area (Å²) >= 11 is 0. The summed E-state index contributed by atoms with van der Waals surface area (Å²) in [6.45, 7) is 4.87. The Hall–Kier alpha value is -3.18. The quantitative estimate of drug-likeness (QED) is 0.508. The molecule has 2 aromatic heterocycles. The molecule has 2 heterocycles. The molecule has 0 saturated heterocycles. The van der Waals surface area contributed by atoms with E-state index in [1.54, 1.807) is 7.05 Å². The van der Waals surface area contributed by atoms with Gasteiger partial charge >= 0.3 is 5.76 Å². The number of nitrogens with zero attached hydrogens (tertiary/aromatic N) is 3. The van der Waals surface area contributed by atoms with Crippen molar-refractivity contribution in [2.24, 2.45) is 7.05 Å². The van der Waals surface area contributed by atoms with Gasteiger partial charge in [0.25, 0.3) is 0 Å². The summed E-state index contributed by atoms with van der Waals surface area (Å²) < 4.78 is 6.74. The van der Waals surface area contributed by atoms with E-state index in [0.29, 0.717) is 5.58 Å². The van der Waals surface area contributed by atoms with Crippen LogP contribution in [0, 0.1) is 0 Å². The first kappa shape index (κ1) is 18.2. The van der Waals surface area contributed by atoms with E-state index in [-0.39, 0.29) is 5.76 Å². The largest absolute Gasteiger partial charge is 0.419 e. The van der Waals surface area contributed by atoms with E-state index in [4.69, 9.17) is 4.42 Å². The summed E-state index contributed by atoms with van der Waals surface area (Å²) in [7, 11) is 1.72. The molecule has 5 heteroatoms. The van der Waals surface area contributed by atoms with Crippen molar-refractivity contribution < 1.29 is 4.42 Å². The predicted molar refractivity (Wildman–Crippen MR) is 111 cm³/mol. The molecule has 28 heavy (non-hydrogen) atoms. The van der Waals surface area contributed by atoms with E-state index < -0.39 is 0 Å². The second-order valence-electron chi connectivity index (χ2n) is 6.98. The smallest absolute Gasteiger partial charge is 0.408 e. The number of fused-ring (bicyclic) bond motifs is 1. The van der Waals surface area contributed by atoms with Gasteiger partial charge in [-0.25, -0.2) is 4.79 Å². The molecule has 0 N–H and O–H groups in total. The minimum atomic E-state index is -0.349. The molecule has 0 spiro atoms. The standard InChI is InChI=1S/C23H23N3O2/c1-3-26(15-17-7-5-4-6-8-17)16-18-11-20(14-24-13-18)19-9-10-22-21(12-19)25(2)23(27)28-22/h4-14H,3,15-16H2,1-2H3. The van der Waals surface area contributed by atoms with Crippen molar-refractivity contribution in [3.63, 3.8) is 0 Å². The Balaban J connectivity index is 1.59. The zero-order valence-electron chi connectivity index (χ0n) is 16.1. The number of hydrogen-bond donors (Lipinski definition) is 0. The molecule has 0 radical (unpaired) electrons. The summed E-state index contributed by atoms with van der Waals surface area (Å²) in [6, 6.07) is 18.4. The topological polar surface area (TPSA) is 51.3 Å². The number of aryl methyl sites for hydroxylation is 1. The first-order valence-corrected chi connectivity index (χ1v) is 9.44. The lowest BCUT2D eigenvalue weighted by Gasteiger charge is -2.20. The maximum absolute atomic E-state index is 11.7. The van der Waals surface area contributed by atoms with Crippen LogP contribution in [0.1, 0.15) is 18.1 Å². The van der Waals surface area contributed by atoms with Gasteiger partial charge in [0, 0.05) is 38.1 Å². The normalized spacial score (nSPS) is 11.4. The second-order valence-corrected chi connectivity index (χ2v) is 6.98. The third kappa shape index (κ3) is 3.75. The van der Waals surface area contributed by atoms with Gasteiger partial charge in [0.1, 0.15) is 0 Å². The van der Waals surface area contributed by atoms with Crippen molar-refractivity contribution in [2.45, 2.75) is 20.0 Å². The third-order valence-corrected chi connectivity index (χ3v) is 5.02. The summed E-state index contributed by atoms with van der Waals surface area (Å²) in [5, 5.41) is 0. The van der Waals surface area contributed by atoms with E-state index in [1.807, 2.05) is 36.7 Å². The lowest BCUT2D eigenvalue weighted by Crippen LogP contribution is -2.22. The van der Waals surface area contributed by atoms with E-state index in [9.17, 15) is 4.79 Å². The zero-order chi connectivity index (χ0) is 19.5. The molecule has 4 rings (SSSR count). The van der Waals surface area contributed by atoms with Crippen LogP contribution < -0.4 is 5.76 Å². The average molecular weight is 373 g/mol. The van der Waals surface area contributed by atoms with Crippen LogP contribution in [-0.4, -0.2) is 21.0 Å². The van der Waals surface area contributed by atoms with E-state index in [0.717, 1.165) is 41.8 Å². The van der Waals surface area contributed by atoms with E-state index in [1.165, 1.54) is 10.1 Å². The molecule has 0 bridgehead atoms. The van der Waals surface area contributed by atoms with Crippen LogP contribution in [0.15, 0.2) is 76.2 Å². The Morgan fingerprint density at radius 2 is 1.75 bits per heavy atom. The molecule has 2 aromatic carbocycles. The molecule has 0 atom stereocenters. The Kier molecular flexibility index (Phi) is 5.08. The number of hydrogen-bond acceptors (Lipinski definition) is 4. The Bertz CT molecular complexity index is 1150. The van der Waals surface area contributed by atoms with Crippen LogP contribution in [0.5, 0.6) is 0 Å². The number of pyridine rings is 1. The number of oxazole rings is 1. The molecule has 0 amide bonds. The Labute approximate surface area is 163 Å². The van der Waals surface area contributed by atoms with Crippen molar-refractivity contribution in [3.8, 4) is 11.1 Å². The van der Waals surface area contributed by atoms with Gasteiger partial charge in [-0.1, -0.05) is 43.3 Å². The summed E-state index contributed by atoms with van der Waals surface area (Å²) in [5.74, 6) is -0.349. The number of aromatic nitrogens is 2. The first-order valence-electron chi connectivity index (χ1n) is 9.44. The summed E-state index contributed by atoms with van der Waals surface area (Å²) in [5.41, 5.74) is 5.90. The molecule has 0 aliphatic heterocycles. The van der Waals surface area contributed by atoms with Gasteiger partial charge in [0.05, 0.1) is 5.52 Å². The molecular formula is C23H23N3O2. The monoisotopic (exact) mass is 373 g/mol. The van der Waals surface area contributed by atoms with Gasteiger partial charge in [0.2, 0.25) is 0 Å².